The zero-order chi connectivity index (χ0) is 17.3. The molecule has 1 atom stereocenters. The average molecular weight is 330 g/mol. The normalized spacial score (nSPS) is 21.9. The van der Waals surface area contributed by atoms with Crippen LogP contribution in [-0.2, 0) is 11.3 Å². The number of hydrogen-bond donors (Lipinski definition) is 2. The molecular weight excluding hydrogens is 300 g/mol. The fourth-order valence-electron chi connectivity index (χ4n) is 3.71. The molecule has 4 nitrogen and oxygen atoms in total. The number of nitrogens with one attached hydrogen (secondary N) is 1. The summed E-state index contributed by atoms with van der Waals surface area (Å²) in [6.07, 6.45) is 4.30. The number of rotatable bonds is 5. The SMILES string of the molecule is Cc1cc(O)c(CN2CCC[C@@H](C(=O)NC3CC3)C2)cc1C(C)C. The summed E-state index contributed by atoms with van der Waals surface area (Å²) in [5, 5.41) is 13.5. The van der Waals surface area contributed by atoms with Gasteiger partial charge < -0.3 is 10.4 Å². The number of amides is 1. The summed E-state index contributed by atoms with van der Waals surface area (Å²) in [6.45, 7) is 8.93. The first-order chi connectivity index (χ1) is 11.4. The quantitative estimate of drug-likeness (QED) is 0.871. The molecule has 2 aliphatic rings. The molecule has 1 aromatic rings. The Kier molecular flexibility index (Phi) is 5.14. The minimum Gasteiger partial charge on any atom is -0.508 e. The molecule has 1 amide bonds. The van der Waals surface area contributed by atoms with Gasteiger partial charge in [0.2, 0.25) is 5.91 Å². The van der Waals surface area contributed by atoms with E-state index in [2.05, 4.69) is 37.1 Å². The van der Waals surface area contributed by atoms with E-state index in [1.807, 2.05) is 6.07 Å². The molecule has 0 unspecified atom stereocenters. The zero-order valence-corrected chi connectivity index (χ0v) is 15.1. The van der Waals surface area contributed by atoms with Crippen molar-refractivity contribution in [3.05, 3.63) is 28.8 Å². The van der Waals surface area contributed by atoms with Crippen LogP contribution in [0.15, 0.2) is 12.1 Å². The Morgan fingerprint density at radius 2 is 2.08 bits per heavy atom. The lowest BCUT2D eigenvalue weighted by Crippen LogP contribution is -2.43. The molecule has 2 fully saturated rings. The second-order valence-electron chi connectivity index (χ2n) is 7.85. The fourth-order valence-corrected chi connectivity index (χ4v) is 3.71. The summed E-state index contributed by atoms with van der Waals surface area (Å²) in [7, 11) is 0. The number of hydrogen-bond acceptors (Lipinski definition) is 3. The highest BCUT2D eigenvalue weighted by atomic mass is 16.3. The number of carbonyl (C=O) groups excluding carboxylic acids is 1. The van der Waals surface area contributed by atoms with E-state index in [0.717, 1.165) is 56.4 Å². The summed E-state index contributed by atoms with van der Waals surface area (Å²) in [5.41, 5.74) is 3.42. The highest BCUT2D eigenvalue weighted by Gasteiger charge is 2.30. The van der Waals surface area contributed by atoms with Gasteiger partial charge in [0.05, 0.1) is 5.92 Å². The van der Waals surface area contributed by atoms with Crippen molar-refractivity contribution in [3.63, 3.8) is 0 Å². The van der Waals surface area contributed by atoms with Crippen LogP contribution in [0.4, 0.5) is 0 Å². The van der Waals surface area contributed by atoms with E-state index >= 15 is 0 Å². The van der Waals surface area contributed by atoms with Crippen LogP contribution in [0.2, 0.25) is 0 Å². The molecule has 132 valence electrons. The van der Waals surface area contributed by atoms with Crippen LogP contribution in [0, 0.1) is 12.8 Å². The van der Waals surface area contributed by atoms with Crippen molar-refractivity contribution >= 4 is 5.91 Å². The van der Waals surface area contributed by atoms with Crippen molar-refractivity contribution in [3.8, 4) is 5.75 Å². The monoisotopic (exact) mass is 330 g/mol. The molecule has 4 heteroatoms. The second-order valence-corrected chi connectivity index (χ2v) is 7.85. The van der Waals surface area contributed by atoms with E-state index < -0.39 is 0 Å². The van der Waals surface area contributed by atoms with Crippen molar-refractivity contribution < 1.29 is 9.90 Å². The number of benzene rings is 1. The van der Waals surface area contributed by atoms with Crippen LogP contribution in [0.5, 0.6) is 5.75 Å². The number of phenols is 1. The summed E-state index contributed by atoms with van der Waals surface area (Å²) in [4.78, 5) is 14.6. The number of aromatic hydroxyl groups is 1. The Morgan fingerprint density at radius 1 is 1.33 bits per heavy atom. The highest BCUT2D eigenvalue weighted by Crippen LogP contribution is 2.29. The van der Waals surface area contributed by atoms with E-state index in [9.17, 15) is 9.90 Å². The topological polar surface area (TPSA) is 52.6 Å². The molecule has 1 saturated carbocycles. The third-order valence-corrected chi connectivity index (χ3v) is 5.28. The van der Waals surface area contributed by atoms with Crippen molar-refractivity contribution in [1.29, 1.82) is 0 Å². The van der Waals surface area contributed by atoms with E-state index in [1.54, 1.807) is 0 Å². The molecule has 0 aromatic heterocycles. The second kappa shape index (κ2) is 7.14. The Hall–Kier alpha value is -1.55. The first-order valence-electron chi connectivity index (χ1n) is 9.29. The number of piperidine rings is 1. The summed E-state index contributed by atoms with van der Waals surface area (Å²) < 4.78 is 0. The molecule has 1 saturated heterocycles. The number of nitrogens with zero attached hydrogens (tertiary/aromatic N) is 1. The van der Waals surface area contributed by atoms with Gasteiger partial charge in [-0.05, 0) is 62.3 Å². The predicted octanol–water partition coefficient (Wildman–Crippen LogP) is 3.31. The molecule has 24 heavy (non-hydrogen) atoms. The number of likely N-dealkylation sites (tertiary alicyclic amines) is 1. The molecular formula is C20H30N2O2. The summed E-state index contributed by atoms with van der Waals surface area (Å²) in [5.74, 6) is 1.14. The van der Waals surface area contributed by atoms with Gasteiger partial charge in [-0.2, -0.15) is 0 Å². The molecule has 3 rings (SSSR count). The van der Waals surface area contributed by atoms with Crippen LogP contribution in [0.1, 0.15) is 62.1 Å². The van der Waals surface area contributed by atoms with Gasteiger partial charge >= 0.3 is 0 Å². The van der Waals surface area contributed by atoms with Crippen molar-refractivity contribution in [1.82, 2.24) is 10.2 Å². The predicted molar refractivity (Wildman–Crippen MR) is 96.1 cm³/mol. The Bertz CT molecular complexity index is 608. The van der Waals surface area contributed by atoms with Crippen molar-refractivity contribution in [2.24, 2.45) is 5.92 Å². The van der Waals surface area contributed by atoms with Gasteiger partial charge in [-0.1, -0.05) is 19.9 Å². The van der Waals surface area contributed by atoms with E-state index in [0.29, 0.717) is 17.7 Å². The van der Waals surface area contributed by atoms with E-state index in [4.69, 9.17) is 0 Å². The molecule has 2 N–H and O–H groups in total. The maximum atomic E-state index is 12.3. The van der Waals surface area contributed by atoms with Gasteiger partial charge in [0.25, 0.3) is 0 Å². The van der Waals surface area contributed by atoms with Crippen LogP contribution >= 0.6 is 0 Å². The Balaban J connectivity index is 1.66. The van der Waals surface area contributed by atoms with Gasteiger partial charge in [0, 0.05) is 24.7 Å². The lowest BCUT2D eigenvalue weighted by Gasteiger charge is -2.32. The first kappa shape index (κ1) is 17.3. The number of phenolic OH excluding ortho intramolecular Hbond substituents is 1. The van der Waals surface area contributed by atoms with Crippen LogP contribution < -0.4 is 5.32 Å². The summed E-state index contributed by atoms with van der Waals surface area (Å²) >= 11 is 0. The molecule has 0 bridgehead atoms. The average Bonchev–Trinajstić information content (AvgIpc) is 3.34. The molecule has 0 radical (unpaired) electrons. The smallest absolute Gasteiger partial charge is 0.224 e. The maximum absolute atomic E-state index is 12.3. The minimum absolute atomic E-state index is 0.0940. The lowest BCUT2D eigenvalue weighted by atomic mass is 9.93. The lowest BCUT2D eigenvalue weighted by molar-refractivity contribution is -0.126. The summed E-state index contributed by atoms with van der Waals surface area (Å²) in [6, 6.07) is 4.46. The third-order valence-electron chi connectivity index (χ3n) is 5.28. The molecule has 1 aromatic carbocycles. The van der Waals surface area contributed by atoms with Crippen LogP contribution in [0.3, 0.4) is 0 Å². The molecule has 1 aliphatic heterocycles. The number of carbonyl (C=O) groups is 1. The van der Waals surface area contributed by atoms with Crippen molar-refractivity contribution in [2.45, 2.75) is 65.0 Å². The van der Waals surface area contributed by atoms with Gasteiger partial charge in [0.1, 0.15) is 5.75 Å². The number of aryl methyl sites for hydroxylation is 1. The fraction of sp³-hybridized carbons (Fsp3) is 0.650. The van der Waals surface area contributed by atoms with Crippen LogP contribution in [0.25, 0.3) is 0 Å². The van der Waals surface area contributed by atoms with Gasteiger partial charge in [0.15, 0.2) is 0 Å². The van der Waals surface area contributed by atoms with E-state index in [-0.39, 0.29) is 11.8 Å². The minimum atomic E-state index is 0.0940. The Morgan fingerprint density at radius 3 is 2.75 bits per heavy atom. The van der Waals surface area contributed by atoms with Crippen molar-refractivity contribution in [2.75, 3.05) is 13.1 Å². The Labute approximate surface area is 145 Å². The molecule has 1 aliphatic carbocycles. The first-order valence-corrected chi connectivity index (χ1v) is 9.29. The standard InChI is InChI=1S/C20H30N2O2/c1-13(2)18-10-16(19(23)9-14(18)3)12-22-8-4-5-15(11-22)20(24)21-17-6-7-17/h9-10,13,15,17,23H,4-8,11-12H2,1-3H3,(H,21,24)/t15-/m1/s1. The maximum Gasteiger partial charge on any atom is 0.224 e. The molecule has 1 heterocycles. The van der Waals surface area contributed by atoms with E-state index in [1.165, 1.54) is 5.56 Å². The largest absolute Gasteiger partial charge is 0.508 e. The molecule has 0 spiro atoms. The van der Waals surface area contributed by atoms with Gasteiger partial charge in [-0.3, -0.25) is 9.69 Å². The van der Waals surface area contributed by atoms with Gasteiger partial charge in [-0.15, -0.1) is 0 Å². The van der Waals surface area contributed by atoms with Gasteiger partial charge in [-0.25, -0.2) is 0 Å². The van der Waals surface area contributed by atoms with Crippen LogP contribution in [-0.4, -0.2) is 35.0 Å². The zero-order valence-electron chi connectivity index (χ0n) is 15.1. The third kappa shape index (κ3) is 4.10. The highest BCUT2D eigenvalue weighted by molar-refractivity contribution is 5.79.